The summed E-state index contributed by atoms with van der Waals surface area (Å²) in [6.45, 7) is 0.595. The van der Waals surface area contributed by atoms with Crippen LogP contribution in [0.1, 0.15) is 5.56 Å². The molecule has 0 amide bonds. The summed E-state index contributed by atoms with van der Waals surface area (Å²) in [5.41, 5.74) is 2.98. The molecule has 1 heterocycles. The monoisotopic (exact) mass is 354 g/mol. The van der Waals surface area contributed by atoms with Gasteiger partial charge >= 0.3 is 0 Å². The molecule has 2 aromatic carbocycles. The molecule has 3 aromatic rings. The molecular weight excluding hydrogens is 343 g/mol. The third kappa shape index (κ3) is 3.29. The maximum atomic E-state index is 6.18. The Morgan fingerprint density at radius 2 is 1.95 bits per heavy atom. The average Bonchev–Trinajstić information content (AvgIpc) is 2.89. The molecule has 0 radical (unpaired) electrons. The standard InChI is InChI=1S/C15H12Cl2N2S2/c1-20-15-19-13-6-5-9(7-14(13)21-15)18-8-10-11(16)3-2-4-12(10)17/h2-7,18H,8H2,1H3. The highest BCUT2D eigenvalue weighted by atomic mass is 35.5. The highest BCUT2D eigenvalue weighted by Gasteiger charge is 2.07. The van der Waals surface area contributed by atoms with E-state index in [-0.39, 0.29) is 0 Å². The van der Waals surface area contributed by atoms with Gasteiger partial charge in [-0.15, -0.1) is 11.3 Å². The van der Waals surface area contributed by atoms with Crippen molar-refractivity contribution in [1.82, 2.24) is 4.98 Å². The van der Waals surface area contributed by atoms with Gasteiger partial charge in [0, 0.05) is 27.8 Å². The van der Waals surface area contributed by atoms with Crippen molar-refractivity contribution in [3.8, 4) is 0 Å². The molecule has 0 saturated heterocycles. The summed E-state index contributed by atoms with van der Waals surface area (Å²) >= 11 is 15.7. The SMILES string of the molecule is CSc1nc2ccc(NCc3c(Cl)cccc3Cl)cc2s1. The van der Waals surface area contributed by atoms with Crippen molar-refractivity contribution in [1.29, 1.82) is 0 Å². The number of aromatic nitrogens is 1. The van der Waals surface area contributed by atoms with Gasteiger partial charge in [0.1, 0.15) is 0 Å². The zero-order valence-electron chi connectivity index (χ0n) is 11.2. The molecule has 0 fully saturated rings. The summed E-state index contributed by atoms with van der Waals surface area (Å²) < 4.78 is 2.26. The summed E-state index contributed by atoms with van der Waals surface area (Å²) in [6.07, 6.45) is 2.04. The highest BCUT2D eigenvalue weighted by Crippen LogP contribution is 2.31. The van der Waals surface area contributed by atoms with E-state index in [9.17, 15) is 0 Å². The van der Waals surface area contributed by atoms with Crippen LogP contribution in [-0.4, -0.2) is 11.2 Å². The molecule has 0 aliphatic rings. The van der Waals surface area contributed by atoms with Gasteiger partial charge in [-0.25, -0.2) is 4.98 Å². The van der Waals surface area contributed by atoms with Gasteiger partial charge in [0.05, 0.1) is 10.2 Å². The van der Waals surface area contributed by atoms with Crippen LogP contribution in [0.4, 0.5) is 5.69 Å². The van der Waals surface area contributed by atoms with Crippen LogP contribution >= 0.6 is 46.3 Å². The number of nitrogens with one attached hydrogen (secondary N) is 1. The van der Waals surface area contributed by atoms with Crippen LogP contribution in [0, 0.1) is 0 Å². The first-order valence-electron chi connectivity index (χ1n) is 6.28. The van der Waals surface area contributed by atoms with Crippen LogP contribution in [0.15, 0.2) is 40.7 Å². The van der Waals surface area contributed by atoms with E-state index in [0.29, 0.717) is 16.6 Å². The predicted molar refractivity (Wildman–Crippen MR) is 95.2 cm³/mol. The Bertz CT molecular complexity index is 766. The first kappa shape index (κ1) is 15.0. The zero-order valence-corrected chi connectivity index (χ0v) is 14.3. The summed E-state index contributed by atoms with van der Waals surface area (Å²) in [4.78, 5) is 4.53. The second-order valence-electron chi connectivity index (χ2n) is 4.42. The summed E-state index contributed by atoms with van der Waals surface area (Å²) in [7, 11) is 0. The number of hydrogen-bond donors (Lipinski definition) is 1. The molecule has 3 rings (SSSR count). The van der Waals surface area contributed by atoms with E-state index in [1.165, 1.54) is 4.70 Å². The molecular formula is C15H12Cl2N2S2. The molecule has 0 aliphatic carbocycles. The van der Waals surface area contributed by atoms with Crippen molar-refractivity contribution in [2.45, 2.75) is 10.9 Å². The normalized spacial score (nSPS) is 11.0. The largest absolute Gasteiger partial charge is 0.381 e. The lowest BCUT2D eigenvalue weighted by Crippen LogP contribution is -2.00. The first-order chi connectivity index (χ1) is 10.2. The molecule has 0 bridgehead atoms. The smallest absolute Gasteiger partial charge is 0.150 e. The van der Waals surface area contributed by atoms with E-state index in [2.05, 4.69) is 16.4 Å². The second kappa shape index (κ2) is 6.44. The van der Waals surface area contributed by atoms with Crippen LogP contribution in [0.2, 0.25) is 10.0 Å². The lowest BCUT2D eigenvalue weighted by atomic mass is 10.2. The van der Waals surface area contributed by atoms with Crippen molar-refractivity contribution < 1.29 is 0 Å². The molecule has 1 aromatic heterocycles. The molecule has 0 aliphatic heterocycles. The van der Waals surface area contributed by atoms with Crippen LogP contribution in [0.25, 0.3) is 10.2 Å². The molecule has 1 N–H and O–H groups in total. The molecule has 21 heavy (non-hydrogen) atoms. The van der Waals surface area contributed by atoms with E-state index in [1.54, 1.807) is 23.1 Å². The van der Waals surface area contributed by atoms with Crippen LogP contribution in [0.3, 0.4) is 0 Å². The molecule has 0 spiro atoms. The first-order valence-corrected chi connectivity index (χ1v) is 9.08. The quantitative estimate of drug-likeness (QED) is 0.587. The summed E-state index contributed by atoms with van der Waals surface area (Å²) in [6, 6.07) is 11.7. The Kier molecular flexibility index (Phi) is 4.60. The van der Waals surface area contributed by atoms with Crippen LogP contribution in [0.5, 0.6) is 0 Å². The van der Waals surface area contributed by atoms with E-state index >= 15 is 0 Å². The Morgan fingerprint density at radius 1 is 1.19 bits per heavy atom. The van der Waals surface area contributed by atoms with Gasteiger partial charge in [-0.3, -0.25) is 0 Å². The minimum atomic E-state index is 0.595. The number of anilines is 1. The van der Waals surface area contributed by atoms with Crippen molar-refractivity contribution in [3.63, 3.8) is 0 Å². The van der Waals surface area contributed by atoms with Gasteiger partial charge < -0.3 is 5.32 Å². The lowest BCUT2D eigenvalue weighted by molar-refractivity contribution is 1.15. The zero-order chi connectivity index (χ0) is 14.8. The van der Waals surface area contributed by atoms with Gasteiger partial charge in [-0.1, -0.05) is 41.0 Å². The Labute approximate surface area is 141 Å². The number of benzene rings is 2. The van der Waals surface area contributed by atoms with Gasteiger partial charge in [0.15, 0.2) is 4.34 Å². The fourth-order valence-electron chi connectivity index (χ4n) is 1.99. The molecule has 6 heteroatoms. The minimum absolute atomic E-state index is 0.595. The van der Waals surface area contributed by atoms with Crippen molar-refractivity contribution in [2.75, 3.05) is 11.6 Å². The average molecular weight is 355 g/mol. The minimum Gasteiger partial charge on any atom is -0.381 e. The number of nitrogens with zero attached hydrogens (tertiary/aromatic N) is 1. The Hall–Kier alpha value is -0.940. The van der Waals surface area contributed by atoms with Crippen LogP contribution < -0.4 is 5.32 Å². The third-order valence-corrected chi connectivity index (χ3v) is 5.79. The topological polar surface area (TPSA) is 24.9 Å². The van der Waals surface area contributed by atoms with Gasteiger partial charge in [-0.05, 0) is 36.6 Å². The van der Waals surface area contributed by atoms with E-state index in [0.717, 1.165) is 21.1 Å². The van der Waals surface area contributed by atoms with E-state index in [1.807, 2.05) is 36.6 Å². The molecule has 0 atom stereocenters. The Balaban J connectivity index is 1.82. The maximum absolute atomic E-state index is 6.18. The number of thioether (sulfide) groups is 1. The maximum Gasteiger partial charge on any atom is 0.150 e. The predicted octanol–water partition coefficient (Wildman–Crippen LogP) is 5.94. The van der Waals surface area contributed by atoms with Gasteiger partial charge in [0.25, 0.3) is 0 Å². The highest BCUT2D eigenvalue weighted by molar-refractivity contribution is 8.00. The van der Waals surface area contributed by atoms with E-state index < -0.39 is 0 Å². The fourth-order valence-corrected chi connectivity index (χ4v) is 4.05. The lowest BCUT2D eigenvalue weighted by Gasteiger charge is -2.09. The second-order valence-corrected chi connectivity index (χ2v) is 7.32. The number of rotatable bonds is 4. The van der Waals surface area contributed by atoms with Gasteiger partial charge in [-0.2, -0.15) is 0 Å². The van der Waals surface area contributed by atoms with E-state index in [4.69, 9.17) is 23.2 Å². The molecule has 0 saturated carbocycles. The third-order valence-electron chi connectivity index (χ3n) is 3.07. The summed E-state index contributed by atoms with van der Waals surface area (Å²) in [5.74, 6) is 0. The summed E-state index contributed by atoms with van der Waals surface area (Å²) in [5, 5.41) is 4.72. The fraction of sp³-hybridized carbons (Fsp3) is 0.133. The van der Waals surface area contributed by atoms with Crippen LogP contribution in [-0.2, 0) is 6.54 Å². The number of halogens is 2. The number of fused-ring (bicyclic) bond motifs is 1. The number of thiazole rings is 1. The Morgan fingerprint density at radius 3 is 2.67 bits per heavy atom. The molecule has 0 unspecified atom stereocenters. The van der Waals surface area contributed by atoms with Crippen molar-refractivity contribution in [2.24, 2.45) is 0 Å². The molecule has 2 nitrogen and oxygen atoms in total. The number of hydrogen-bond acceptors (Lipinski definition) is 4. The van der Waals surface area contributed by atoms with Gasteiger partial charge in [0.2, 0.25) is 0 Å². The van der Waals surface area contributed by atoms with Crippen molar-refractivity contribution in [3.05, 3.63) is 52.0 Å². The molecule has 108 valence electrons. The van der Waals surface area contributed by atoms with Crippen molar-refractivity contribution >= 4 is 62.2 Å².